The van der Waals surface area contributed by atoms with Crippen molar-refractivity contribution in [1.29, 1.82) is 0 Å². The molecular formula is C22H21F2N3O3. The van der Waals surface area contributed by atoms with Crippen LogP contribution in [0.3, 0.4) is 0 Å². The van der Waals surface area contributed by atoms with Crippen LogP contribution >= 0.6 is 0 Å². The number of nitrogens with zero attached hydrogens (tertiary/aromatic N) is 1. The second-order valence-electron chi connectivity index (χ2n) is 6.33. The molecule has 0 bridgehead atoms. The van der Waals surface area contributed by atoms with Gasteiger partial charge in [0.1, 0.15) is 18.2 Å². The lowest BCUT2D eigenvalue weighted by atomic mass is 10.1. The van der Waals surface area contributed by atoms with Crippen LogP contribution in [-0.4, -0.2) is 37.9 Å². The van der Waals surface area contributed by atoms with E-state index in [1.165, 1.54) is 11.9 Å². The van der Waals surface area contributed by atoms with Crippen LogP contribution in [0.25, 0.3) is 0 Å². The average Bonchev–Trinajstić information content (AvgIpc) is 2.74. The van der Waals surface area contributed by atoms with Crippen molar-refractivity contribution in [3.8, 4) is 12.3 Å². The molecule has 3 amide bonds. The van der Waals surface area contributed by atoms with Gasteiger partial charge in [-0.3, -0.25) is 14.4 Å². The van der Waals surface area contributed by atoms with Crippen LogP contribution in [0, 0.1) is 24.0 Å². The van der Waals surface area contributed by atoms with Crippen molar-refractivity contribution < 1.29 is 23.2 Å². The smallest absolute Gasteiger partial charge is 0.254 e. The van der Waals surface area contributed by atoms with E-state index >= 15 is 0 Å². The van der Waals surface area contributed by atoms with Crippen LogP contribution in [0.5, 0.6) is 0 Å². The van der Waals surface area contributed by atoms with E-state index in [1.807, 2.05) is 0 Å². The topological polar surface area (TPSA) is 78.5 Å². The van der Waals surface area contributed by atoms with Crippen LogP contribution in [0.1, 0.15) is 28.8 Å². The molecule has 0 aromatic heterocycles. The normalized spacial score (nSPS) is 10.1. The number of rotatable bonds is 8. The van der Waals surface area contributed by atoms with Gasteiger partial charge in [0.05, 0.1) is 5.56 Å². The van der Waals surface area contributed by atoms with Gasteiger partial charge in [0.2, 0.25) is 11.8 Å². The predicted octanol–water partition coefficient (Wildman–Crippen LogP) is 2.24. The van der Waals surface area contributed by atoms with E-state index in [0.29, 0.717) is 17.3 Å². The number of likely N-dealkylation sites (N-methyl/N-ethyl adjacent to an activating group) is 1. The predicted molar refractivity (Wildman–Crippen MR) is 109 cm³/mol. The number of carbonyl (C=O) groups is 3. The molecule has 0 heterocycles. The lowest BCUT2D eigenvalue weighted by Gasteiger charge is -2.22. The molecular weight excluding hydrogens is 392 g/mol. The Morgan fingerprint density at radius 1 is 1.13 bits per heavy atom. The zero-order chi connectivity index (χ0) is 22.1. The van der Waals surface area contributed by atoms with Crippen LogP contribution in [0.15, 0.2) is 42.5 Å². The Morgan fingerprint density at radius 2 is 1.90 bits per heavy atom. The highest BCUT2D eigenvalue weighted by Crippen LogP contribution is 2.17. The maximum Gasteiger partial charge on any atom is 0.254 e. The van der Waals surface area contributed by atoms with Crippen LogP contribution in [0.2, 0.25) is 0 Å². The number of anilines is 1. The highest BCUT2D eigenvalue weighted by Gasteiger charge is 2.19. The molecule has 2 N–H and O–H groups in total. The van der Waals surface area contributed by atoms with E-state index in [-0.39, 0.29) is 43.3 Å². The van der Waals surface area contributed by atoms with Crippen molar-refractivity contribution in [2.45, 2.75) is 12.8 Å². The van der Waals surface area contributed by atoms with E-state index in [4.69, 9.17) is 6.42 Å². The maximum atomic E-state index is 13.6. The van der Waals surface area contributed by atoms with E-state index in [2.05, 4.69) is 16.6 Å². The molecule has 0 aliphatic heterocycles. The molecule has 2 aromatic rings. The third-order valence-electron chi connectivity index (χ3n) is 4.23. The fraction of sp³-hybridized carbons (Fsp3) is 0.227. The molecule has 0 saturated heterocycles. The number of terminal acetylenes is 1. The van der Waals surface area contributed by atoms with Crippen LogP contribution in [0.4, 0.5) is 14.5 Å². The number of amides is 3. The minimum absolute atomic E-state index is 0.0312. The zero-order valence-electron chi connectivity index (χ0n) is 16.4. The Labute approximate surface area is 173 Å². The van der Waals surface area contributed by atoms with Crippen molar-refractivity contribution in [3.05, 3.63) is 65.2 Å². The molecule has 0 atom stereocenters. The van der Waals surface area contributed by atoms with Gasteiger partial charge in [0.15, 0.2) is 0 Å². The van der Waals surface area contributed by atoms with Gasteiger partial charge in [-0.25, -0.2) is 8.78 Å². The monoisotopic (exact) mass is 413 g/mol. The van der Waals surface area contributed by atoms with Gasteiger partial charge in [-0.1, -0.05) is 12.0 Å². The maximum absolute atomic E-state index is 13.6. The van der Waals surface area contributed by atoms with Gasteiger partial charge in [-0.05, 0) is 36.8 Å². The lowest BCUT2D eigenvalue weighted by Crippen LogP contribution is -2.40. The third kappa shape index (κ3) is 6.14. The molecule has 2 rings (SSSR count). The Morgan fingerprint density at radius 3 is 2.57 bits per heavy atom. The molecule has 6 nitrogen and oxygen atoms in total. The second kappa shape index (κ2) is 10.7. The first-order chi connectivity index (χ1) is 14.3. The van der Waals surface area contributed by atoms with Crippen molar-refractivity contribution >= 4 is 23.4 Å². The third-order valence-corrected chi connectivity index (χ3v) is 4.23. The summed E-state index contributed by atoms with van der Waals surface area (Å²) in [5.74, 6) is -0.660. The molecule has 0 aliphatic rings. The molecule has 0 aliphatic carbocycles. The van der Waals surface area contributed by atoms with Gasteiger partial charge in [0, 0.05) is 37.3 Å². The fourth-order valence-corrected chi connectivity index (χ4v) is 2.66. The standard InChI is InChI=1S/C22H21F2N3O3/c1-3-15-6-4-7-17(12-15)27(14-20(28)25-2)21(29)8-5-11-26-22(30)18-10-9-16(23)13-19(18)24/h1,4,6-7,9-10,12-13H,5,8,11,14H2,2H3,(H,25,28)(H,26,30). The Bertz CT molecular complexity index is 986. The molecule has 0 fully saturated rings. The molecule has 0 radical (unpaired) electrons. The van der Waals surface area contributed by atoms with E-state index < -0.39 is 17.5 Å². The fourth-order valence-electron chi connectivity index (χ4n) is 2.66. The summed E-state index contributed by atoms with van der Waals surface area (Å²) in [6.07, 6.45) is 5.68. The minimum Gasteiger partial charge on any atom is -0.358 e. The van der Waals surface area contributed by atoms with Gasteiger partial charge in [-0.2, -0.15) is 0 Å². The van der Waals surface area contributed by atoms with Gasteiger partial charge >= 0.3 is 0 Å². The molecule has 0 saturated carbocycles. The summed E-state index contributed by atoms with van der Waals surface area (Å²) in [6.45, 7) is -0.0872. The highest BCUT2D eigenvalue weighted by molar-refractivity contribution is 5.99. The summed E-state index contributed by atoms with van der Waals surface area (Å²) in [5.41, 5.74) is 0.766. The molecule has 0 unspecified atom stereocenters. The first kappa shape index (κ1) is 22.6. The quantitative estimate of drug-likeness (QED) is 0.515. The summed E-state index contributed by atoms with van der Waals surface area (Å²) in [4.78, 5) is 37.8. The van der Waals surface area contributed by atoms with Gasteiger partial charge < -0.3 is 15.5 Å². The SMILES string of the molecule is C#Cc1cccc(N(CC(=O)NC)C(=O)CCCNC(=O)c2ccc(F)cc2F)c1. The van der Waals surface area contributed by atoms with Gasteiger partial charge in [-0.15, -0.1) is 6.42 Å². The molecule has 8 heteroatoms. The summed E-state index contributed by atoms with van der Waals surface area (Å²) in [7, 11) is 1.47. The Kier molecular flexibility index (Phi) is 8.06. The minimum atomic E-state index is -0.964. The van der Waals surface area contributed by atoms with Crippen molar-refractivity contribution in [2.75, 3.05) is 25.0 Å². The number of nitrogens with one attached hydrogen (secondary N) is 2. The molecule has 0 spiro atoms. The number of halogens is 2. The Balaban J connectivity index is 1.97. The van der Waals surface area contributed by atoms with Crippen molar-refractivity contribution in [1.82, 2.24) is 10.6 Å². The number of hydrogen-bond donors (Lipinski definition) is 2. The summed E-state index contributed by atoms with van der Waals surface area (Å²) in [6, 6.07) is 9.35. The Hall–Kier alpha value is -3.73. The van der Waals surface area contributed by atoms with E-state index in [0.717, 1.165) is 12.1 Å². The van der Waals surface area contributed by atoms with Crippen LogP contribution in [-0.2, 0) is 9.59 Å². The average molecular weight is 413 g/mol. The molecule has 156 valence electrons. The zero-order valence-corrected chi connectivity index (χ0v) is 16.4. The first-order valence-corrected chi connectivity index (χ1v) is 9.16. The lowest BCUT2D eigenvalue weighted by molar-refractivity contribution is -0.123. The van der Waals surface area contributed by atoms with Crippen molar-refractivity contribution in [2.24, 2.45) is 0 Å². The second-order valence-corrected chi connectivity index (χ2v) is 6.33. The van der Waals surface area contributed by atoms with Gasteiger partial charge in [0.25, 0.3) is 5.91 Å². The van der Waals surface area contributed by atoms with E-state index in [1.54, 1.807) is 24.3 Å². The van der Waals surface area contributed by atoms with Crippen molar-refractivity contribution in [3.63, 3.8) is 0 Å². The van der Waals surface area contributed by atoms with E-state index in [9.17, 15) is 23.2 Å². The summed E-state index contributed by atoms with van der Waals surface area (Å²) < 4.78 is 26.6. The number of benzene rings is 2. The summed E-state index contributed by atoms with van der Waals surface area (Å²) in [5, 5.41) is 4.95. The largest absolute Gasteiger partial charge is 0.358 e. The highest BCUT2D eigenvalue weighted by atomic mass is 19.1. The molecule has 2 aromatic carbocycles. The first-order valence-electron chi connectivity index (χ1n) is 9.16. The van der Waals surface area contributed by atoms with Crippen LogP contribution < -0.4 is 15.5 Å². The molecule has 30 heavy (non-hydrogen) atoms. The number of carbonyl (C=O) groups excluding carboxylic acids is 3. The summed E-state index contributed by atoms with van der Waals surface area (Å²) >= 11 is 0. The number of hydrogen-bond acceptors (Lipinski definition) is 3.